The molecular formula is C13H16ClN3OS. The second kappa shape index (κ2) is 6.23. The maximum atomic E-state index is 6.02. The summed E-state index contributed by atoms with van der Waals surface area (Å²) in [6, 6.07) is 5.64. The van der Waals surface area contributed by atoms with Gasteiger partial charge >= 0.3 is 0 Å². The summed E-state index contributed by atoms with van der Waals surface area (Å²) in [4.78, 5) is 7.36. The van der Waals surface area contributed by atoms with Crippen LogP contribution in [0.15, 0.2) is 24.4 Å². The maximum absolute atomic E-state index is 6.02. The SMILES string of the molecule is COc1ccc(Cl)cc1CN(C)Cc1cnc(N)s1. The molecular weight excluding hydrogens is 282 g/mol. The third-order valence-corrected chi connectivity index (χ3v) is 3.73. The van der Waals surface area contributed by atoms with Crippen molar-refractivity contribution in [1.82, 2.24) is 9.88 Å². The number of nitrogens with two attached hydrogens (primary N) is 1. The average Bonchev–Trinajstić information content (AvgIpc) is 2.75. The van der Waals surface area contributed by atoms with Crippen molar-refractivity contribution in [2.24, 2.45) is 0 Å². The van der Waals surface area contributed by atoms with Gasteiger partial charge in [0.15, 0.2) is 5.13 Å². The standard InChI is InChI=1S/C13H16ClN3OS/c1-17(8-11-6-16-13(15)19-11)7-9-5-10(14)3-4-12(9)18-2/h3-6H,7-8H2,1-2H3,(H2,15,16). The predicted molar refractivity (Wildman–Crippen MR) is 79.7 cm³/mol. The second-order valence-corrected chi connectivity index (χ2v) is 5.88. The van der Waals surface area contributed by atoms with E-state index in [9.17, 15) is 0 Å². The van der Waals surface area contributed by atoms with Crippen molar-refractivity contribution in [1.29, 1.82) is 0 Å². The summed E-state index contributed by atoms with van der Waals surface area (Å²) < 4.78 is 5.34. The zero-order valence-electron chi connectivity index (χ0n) is 10.9. The van der Waals surface area contributed by atoms with Gasteiger partial charge in [-0.2, -0.15) is 0 Å². The molecule has 2 N–H and O–H groups in total. The molecule has 0 unspecified atom stereocenters. The van der Waals surface area contributed by atoms with Gasteiger partial charge in [0.2, 0.25) is 0 Å². The summed E-state index contributed by atoms with van der Waals surface area (Å²) in [6.45, 7) is 1.55. The molecule has 6 heteroatoms. The van der Waals surface area contributed by atoms with Crippen LogP contribution in [0.2, 0.25) is 5.02 Å². The van der Waals surface area contributed by atoms with Crippen LogP contribution < -0.4 is 10.5 Å². The van der Waals surface area contributed by atoms with E-state index in [0.29, 0.717) is 10.2 Å². The molecule has 1 aromatic carbocycles. The Bertz CT molecular complexity index is 559. The number of nitrogens with zero attached hydrogens (tertiary/aromatic N) is 2. The zero-order chi connectivity index (χ0) is 13.8. The Morgan fingerprint density at radius 3 is 2.84 bits per heavy atom. The van der Waals surface area contributed by atoms with E-state index in [-0.39, 0.29) is 0 Å². The van der Waals surface area contributed by atoms with Crippen molar-refractivity contribution in [3.63, 3.8) is 0 Å². The fourth-order valence-corrected chi connectivity index (χ4v) is 2.84. The highest BCUT2D eigenvalue weighted by Gasteiger charge is 2.09. The molecule has 1 aromatic heterocycles. The lowest BCUT2D eigenvalue weighted by molar-refractivity contribution is 0.312. The van der Waals surface area contributed by atoms with Gasteiger partial charge in [-0.3, -0.25) is 4.90 Å². The minimum Gasteiger partial charge on any atom is -0.496 e. The van der Waals surface area contributed by atoms with Crippen LogP contribution in [0, 0.1) is 0 Å². The van der Waals surface area contributed by atoms with Gasteiger partial charge in [0.1, 0.15) is 5.75 Å². The highest BCUT2D eigenvalue weighted by molar-refractivity contribution is 7.15. The van der Waals surface area contributed by atoms with E-state index < -0.39 is 0 Å². The minimum absolute atomic E-state index is 0.601. The molecule has 2 rings (SSSR count). The van der Waals surface area contributed by atoms with Gasteiger partial charge in [-0.25, -0.2) is 4.98 Å². The maximum Gasteiger partial charge on any atom is 0.180 e. The Hall–Kier alpha value is -1.30. The highest BCUT2D eigenvalue weighted by atomic mass is 35.5. The van der Waals surface area contributed by atoms with Crippen LogP contribution in [0.3, 0.4) is 0 Å². The van der Waals surface area contributed by atoms with Gasteiger partial charge in [-0.05, 0) is 25.2 Å². The van der Waals surface area contributed by atoms with E-state index in [1.807, 2.05) is 31.4 Å². The Morgan fingerprint density at radius 1 is 1.42 bits per heavy atom. The molecule has 4 nitrogen and oxygen atoms in total. The largest absolute Gasteiger partial charge is 0.496 e. The van der Waals surface area contributed by atoms with Gasteiger partial charge < -0.3 is 10.5 Å². The van der Waals surface area contributed by atoms with Crippen LogP contribution in [0.1, 0.15) is 10.4 Å². The normalized spacial score (nSPS) is 10.9. The summed E-state index contributed by atoms with van der Waals surface area (Å²) in [5, 5.41) is 1.31. The van der Waals surface area contributed by atoms with Crippen molar-refractivity contribution in [3.8, 4) is 5.75 Å². The van der Waals surface area contributed by atoms with E-state index in [1.165, 1.54) is 11.3 Å². The van der Waals surface area contributed by atoms with Gasteiger partial charge in [0, 0.05) is 34.7 Å². The van der Waals surface area contributed by atoms with E-state index >= 15 is 0 Å². The molecule has 0 spiro atoms. The molecule has 0 saturated heterocycles. The Labute approximate surface area is 121 Å². The quantitative estimate of drug-likeness (QED) is 0.922. The molecule has 0 amide bonds. The van der Waals surface area contributed by atoms with E-state index in [1.54, 1.807) is 7.11 Å². The molecule has 2 aromatic rings. The van der Waals surface area contributed by atoms with Crippen LogP contribution in [0.5, 0.6) is 5.75 Å². The summed E-state index contributed by atoms with van der Waals surface area (Å²) >= 11 is 7.53. The first-order valence-electron chi connectivity index (χ1n) is 5.79. The third-order valence-electron chi connectivity index (χ3n) is 2.68. The molecule has 102 valence electrons. The van der Waals surface area contributed by atoms with Crippen LogP contribution >= 0.6 is 22.9 Å². The van der Waals surface area contributed by atoms with Crippen LogP contribution in [-0.2, 0) is 13.1 Å². The van der Waals surface area contributed by atoms with E-state index in [0.717, 1.165) is 29.3 Å². The number of hydrogen-bond donors (Lipinski definition) is 1. The molecule has 0 saturated carbocycles. The number of rotatable bonds is 5. The average molecular weight is 298 g/mol. The summed E-state index contributed by atoms with van der Waals surface area (Å²) in [5.41, 5.74) is 6.69. The minimum atomic E-state index is 0.601. The van der Waals surface area contributed by atoms with Gasteiger partial charge in [-0.1, -0.05) is 11.6 Å². The molecule has 1 heterocycles. The number of halogens is 1. The fourth-order valence-electron chi connectivity index (χ4n) is 1.88. The van der Waals surface area contributed by atoms with Crippen molar-refractivity contribution in [2.75, 3.05) is 19.9 Å². The predicted octanol–water partition coefficient (Wildman–Crippen LogP) is 3.02. The van der Waals surface area contributed by atoms with Crippen LogP contribution in [-0.4, -0.2) is 24.0 Å². The molecule has 0 atom stereocenters. The molecule has 0 bridgehead atoms. The number of thiazole rings is 1. The third kappa shape index (κ3) is 3.83. The van der Waals surface area contributed by atoms with Gasteiger partial charge in [0.25, 0.3) is 0 Å². The highest BCUT2D eigenvalue weighted by Crippen LogP contribution is 2.24. The van der Waals surface area contributed by atoms with Gasteiger partial charge in [-0.15, -0.1) is 11.3 Å². The fraction of sp³-hybridized carbons (Fsp3) is 0.308. The summed E-state index contributed by atoms with van der Waals surface area (Å²) in [5.74, 6) is 0.847. The van der Waals surface area contributed by atoms with E-state index in [4.69, 9.17) is 22.1 Å². The summed E-state index contributed by atoms with van der Waals surface area (Å²) in [7, 11) is 3.70. The number of benzene rings is 1. The molecule has 19 heavy (non-hydrogen) atoms. The molecule has 0 aliphatic rings. The lowest BCUT2D eigenvalue weighted by atomic mass is 10.2. The van der Waals surface area contributed by atoms with Crippen molar-refractivity contribution >= 4 is 28.1 Å². The number of ether oxygens (including phenoxy) is 1. The lowest BCUT2D eigenvalue weighted by Crippen LogP contribution is -2.17. The number of aromatic nitrogens is 1. The lowest BCUT2D eigenvalue weighted by Gasteiger charge is -2.17. The molecule has 0 fully saturated rings. The Balaban J connectivity index is 2.05. The van der Waals surface area contributed by atoms with Crippen molar-refractivity contribution < 1.29 is 4.74 Å². The van der Waals surface area contributed by atoms with Crippen molar-refractivity contribution in [3.05, 3.63) is 39.9 Å². The number of anilines is 1. The van der Waals surface area contributed by atoms with Crippen molar-refractivity contribution in [2.45, 2.75) is 13.1 Å². The number of methoxy groups -OCH3 is 1. The number of hydrogen-bond acceptors (Lipinski definition) is 5. The topological polar surface area (TPSA) is 51.4 Å². The zero-order valence-corrected chi connectivity index (χ0v) is 12.5. The van der Waals surface area contributed by atoms with Crippen LogP contribution in [0.4, 0.5) is 5.13 Å². The first-order valence-corrected chi connectivity index (χ1v) is 6.99. The number of nitrogen functional groups attached to an aromatic ring is 1. The Kier molecular flexibility index (Phi) is 4.63. The summed E-state index contributed by atoms with van der Waals surface area (Å²) in [6.07, 6.45) is 1.81. The smallest absolute Gasteiger partial charge is 0.180 e. The first kappa shape index (κ1) is 14.1. The second-order valence-electron chi connectivity index (χ2n) is 4.29. The molecule has 0 radical (unpaired) electrons. The molecule has 0 aliphatic carbocycles. The Morgan fingerprint density at radius 2 is 2.21 bits per heavy atom. The monoisotopic (exact) mass is 297 g/mol. The molecule has 0 aliphatic heterocycles. The van der Waals surface area contributed by atoms with Crippen LogP contribution in [0.25, 0.3) is 0 Å². The first-order chi connectivity index (χ1) is 9.08. The van der Waals surface area contributed by atoms with Gasteiger partial charge in [0.05, 0.1) is 7.11 Å². The van der Waals surface area contributed by atoms with E-state index in [2.05, 4.69) is 9.88 Å².